The molecule has 0 aliphatic carbocycles. The number of nitro groups is 1. The second kappa shape index (κ2) is 6.23. The highest BCUT2D eigenvalue weighted by Crippen LogP contribution is 2.33. The van der Waals surface area contributed by atoms with E-state index < -0.39 is 0 Å². The Kier molecular flexibility index (Phi) is 4.93. The first kappa shape index (κ1) is 15.0. The number of hydrogen-bond donors (Lipinski definition) is 1. The second-order valence-corrected chi connectivity index (χ2v) is 4.78. The van der Waals surface area contributed by atoms with Crippen LogP contribution in [0.2, 0.25) is 0 Å². The van der Waals surface area contributed by atoms with Crippen molar-refractivity contribution >= 4 is 11.5 Å². The molecule has 0 radical (unpaired) electrons. The van der Waals surface area contributed by atoms with Crippen LogP contribution in [0.15, 0.2) is 0 Å². The van der Waals surface area contributed by atoms with Crippen LogP contribution in [0.1, 0.15) is 45.2 Å². The molecule has 0 saturated heterocycles. The van der Waals surface area contributed by atoms with Crippen LogP contribution < -0.4 is 5.32 Å². The summed E-state index contributed by atoms with van der Waals surface area (Å²) in [7, 11) is 1.70. The summed E-state index contributed by atoms with van der Waals surface area (Å²) in [5.74, 6) is 3.00. The lowest BCUT2D eigenvalue weighted by molar-refractivity contribution is -0.384. The highest BCUT2D eigenvalue weighted by molar-refractivity contribution is 5.61. The van der Waals surface area contributed by atoms with Gasteiger partial charge in [-0.2, -0.15) is 5.10 Å². The number of anilines is 1. The summed E-state index contributed by atoms with van der Waals surface area (Å²) in [5.41, 5.74) is 0.540. The van der Waals surface area contributed by atoms with Gasteiger partial charge in [0.15, 0.2) is 0 Å². The number of terminal acetylenes is 1. The number of aryl methyl sites for hydroxylation is 1. The molecule has 1 aromatic heterocycles. The van der Waals surface area contributed by atoms with Crippen LogP contribution in [0.3, 0.4) is 0 Å². The Morgan fingerprint density at radius 2 is 2.21 bits per heavy atom. The second-order valence-electron chi connectivity index (χ2n) is 4.78. The summed E-state index contributed by atoms with van der Waals surface area (Å²) in [5, 5.41) is 18.6. The van der Waals surface area contributed by atoms with Gasteiger partial charge in [0.25, 0.3) is 0 Å². The van der Waals surface area contributed by atoms with E-state index in [1.807, 2.05) is 20.8 Å². The fraction of sp³-hybridized carbons (Fsp3) is 0.615. The van der Waals surface area contributed by atoms with Gasteiger partial charge in [-0.15, -0.1) is 12.3 Å². The topological polar surface area (TPSA) is 73.0 Å². The van der Waals surface area contributed by atoms with E-state index in [1.54, 1.807) is 7.05 Å². The predicted octanol–water partition coefficient (Wildman–Crippen LogP) is 2.67. The van der Waals surface area contributed by atoms with E-state index in [2.05, 4.69) is 16.3 Å². The zero-order valence-corrected chi connectivity index (χ0v) is 11.8. The van der Waals surface area contributed by atoms with E-state index in [1.165, 1.54) is 4.68 Å². The van der Waals surface area contributed by atoms with Crippen LogP contribution in [-0.2, 0) is 7.05 Å². The van der Waals surface area contributed by atoms with Gasteiger partial charge in [-0.05, 0) is 6.42 Å². The standard InChI is InChI=1S/C13H20N4O2/c1-6-8-10(7-2)14-13-12(17(18)19)11(9(3)4)15-16(13)5/h1,9-10,14H,7-8H2,2-5H3. The molecule has 19 heavy (non-hydrogen) atoms. The van der Waals surface area contributed by atoms with Crippen LogP contribution in [0.25, 0.3) is 0 Å². The molecule has 0 aliphatic heterocycles. The third-order valence-electron chi connectivity index (χ3n) is 2.98. The van der Waals surface area contributed by atoms with Gasteiger partial charge in [0.2, 0.25) is 5.82 Å². The summed E-state index contributed by atoms with van der Waals surface area (Å²) in [6.45, 7) is 5.76. The molecule has 1 unspecified atom stereocenters. The molecule has 0 saturated carbocycles. The normalized spacial score (nSPS) is 12.2. The number of hydrogen-bond acceptors (Lipinski definition) is 4. The maximum atomic E-state index is 11.3. The number of nitrogens with zero attached hydrogens (tertiary/aromatic N) is 3. The molecule has 1 aromatic rings. The summed E-state index contributed by atoms with van der Waals surface area (Å²) in [4.78, 5) is 10.9. The van der Waals surface area contributed by atoms with E-state index in [0.29, 0.717) is 17.9 Å². The highest BCUT2D eigenvalue weighted by Gasteiger charge is 2.29. The van der Waals surface area contributed by atoms with E-state index in [-0.39, 0.29) is 22.6 Å². The van der Waals surface area contributed by atoms with Gasteiger partial charge < -0.3 is 5.32 Å². The average Bonchev–Trinajstić information content (AvgIpc) is 2.66. The Labute approximate surface area is 113 Å². The third kappa shape index (κ3) is 3.25. The molecule has 0 fully saturated rings. The Bertz CT molecular complexity index is 499. The number of aromatic nitrogens is 2. The van der Waals surface area contributed by atoms with Crippen molar-refractivity contribution in [1.29, 1.82) is 0 Å². The molecule has 0 aromatic carbocycles. The first-order chi connectivity index (χ1) is 8.92. The fourth-order valence-corrected chi connectivity index (χ4v) is 1.90. The minimum atomic E-state index is -0.382. The van der Waals surface area contributed by atoms with Gasteiger partial charge in [0, 0.05) is 25.4 Å². The highest BCUT2D eigenvalue weighted by atomic mass is 16.6. The lowest BCUT2D eigenvalue weighted by Gasteiger charge is -2.14. The van der Waals surface area contributed by atoms with Crippen LogP contribution in [0, 0.1) is 22.5 Å². The molecule has 0 aliphatic rings. The first-order valence-electron chi connectivity index (χ1n) is 6.33. The molecule has 104 valence electrons. The summed E-state index contributed by atoms with van der Waals surface area (Å²) >= 11 is 0. The Balaban J connectivity index is 3.19. The Morgan fingerprint density at radius 3 is 2.63 bits per heavy atom. The van der Waals surface area contributed by atoms with Gasteiger partial charge in [-0.1, -0.05) is 20.8 Å². The van der Waals surface area contributed by atoms with Crippen LogP contribution in [0.5, 0.6) is 0 Å². The zero-order valence-electron chi connectivity index (χ0n) is 11.8. The van der Waals surface area contributed by atoms with Gasteiger partial charge in [-0.25, -0.2) is 4.68 Å². The molecule has 0 amide bonds. The summed E-state index contributed by atoms with van der Waals surface area (Å²) < 4.78 is 1.52. The smallest absolute Gasteiger partial charge is 0.334 e. The number of nitrogens with one attached hydrogen (secondary N) is 1. The number of rotatable bonds is 6. The minimum absolute atomic E-state index is 0.00476. The molecule has 1 heterocycles. The molecule has 0 bridgehead atoms. The van der Waals surface area contributed by atoms with Gasteiger partial charge in [0.05, 0.1) is 4.92 Å². The van der Waals surface area contributed by atoms with Crippen molar-refractivity contribution in [2.45, 2.75) is 45.6 Å². The molecule has 1 N–H and O–H groups in total. The largest absolute Gasteiger partial charge is 0.361 e. The van der Waals surface area contributed by atoms with Gasteiger partial charge >= 0.3 is 5.69 Å². The van der Waals surface area contributed by atoms with E-state index in [9.17, 15) is 10.1 Å². The van der Waals surface area contributed by atoms with Crippen molar-refractivity contribution in [3.63, 3.8) is 0 Å². The maximum Gasteiger partial charge on any atom is 0.334 e. The molecule has 6 heteroatoms. The van der Waals surface area contributed by atoms with Crippen molar-refractivity contribution in [3.8, 4) is 12.3 Å². The van der Waals surface area contributed by atoms with Crippen LogP contribution in [0.4, 0.5) is 11.5 Å². The van der Waals surface area contributed by atoms with Crippen molar-refractivity contribution < 1.29 is 4.92 Å². The maximum absolute atomic E-state index is 11.3. The molecule has 0 spiro atoms. The summed E-state index contributed by atoms with van der Waals surface area (Å²) in [6.07, 6.45) is 6.62. The monoisotopic (exact) mass is 264 g/mol. The third-order valence-corrected chi connectivity index (χ3v) is 2.98. The quantitative estimate of drug-likeness (QED) is 0.487. The molecular weight excluding hydrogens is 244 g/mol. The Hall–Kier alpha value is -2.03. The lowest BCUT2D eigenvalue weighted by Crippen LogP contribution is -2.20. The Morgan fingerprint density at radius 1 is 1.58 bits per heavy atom. The predicted molar refractivity (Wildman–Crippen MR) is 75.1 cm³/mol. The average molecular weight is 264 g/mol. The summed E-state index contributed by atoms with van der Waals surface area (Å²) in [6, 6.07) is 0.0131. The van der Waals surface area contributed by atoms with Crippen molar-refractivity contribution in [3.05, 3.63) is 15.8 Å². The van der Waals surface area contributed by atoms with Crippen molar-refractivity contribution in [2.24, 2.45) is 7.05 Å². The molecular formula is C13H20N4O2. The molecule has 1 rings (SSSR count). The van der Waals surface area contributed by atoms with Crippen LogP contribution in [-0.4, -0.2) is 20.7 Å². The van der Waals surface area contributed by atoms with Crippen molar-refractivity contribution in [1.82, 2.24) is 9.78 Å². The molecule has 6 nitrogen and oxygen atoms in total. The SMILES string of the molecule is C#CCC(CC)Nc1c([N+](=O)[O-])c(C(C)C)nn1C. The van der Waals surface area contributed by atoms with E-state index in [0.717, 1.165) is 6.42 Å². The van der Waals surface area contributed by atoms with Gasteiger partial charge in [0.1, 0.15) is 5.69 Å². The lowest BCUT2D eigenvalue weighted by atomic mass is 10.1. The van der Waals surface area contributed by atoms with Gasteiger partial charge in [-0.3, -0.25) is 10.1 Å². The zero-order chi connectivity index (χ0) is 14.6. The van der Waals surface area contributed by atoms with E-state index >= 15 is 0 Å². The minimum Gasteiger partial charge on any atom is -0.361 e. The fourth-order valence-electron chi connectivity index (χ4n) is 1.90. The van der Waals surface area contributed by atoms with Crippen molar-refractivity contribution in [2.75, 3.05) is 5.32 Å². The molecule has 1 atom stereocenters. The first-order valence-corrected chi connectivity index (χ1v) is 6.33. The van der Waals surface area contributed by atoms with E-state index in [4.69, 9.17) is 6.42 Å². The van der Waals surface area contributed by atoms with Crippen LogP contribution >= 0.6 is 0 Å².